The van der Waals surface area contributed by atoms with E-state index < -0.39 is 36.7 Å². The van der Waals surface area contributed by atoms with Gasteiger partial charge in [-0.1, -0.05) is 130 Å². The molecule has 3 aromatic rings. The van der Waals surface area contributed by atoms with E-state index in [1.54, 1.807) is 0 Å². The van der Waals surface area contributed by atoms with E-state index in [9.17, 15) is 4.79 Å². The average molecular weight is 605 g/mol. The summed E-state index contributed by atoms with van der Waals surface area (Å²) < 4.78 is 38.0. The Morgan fingerprint density at radius 2 is 1.16 bits per heavy atom. The molecule has 7 heteroatoms. The van der Waals surface area contributed by atoms with E-state index in [0.29, 0.717) is 26.4 Å². The van der Waals surface area contributed by atoms with Crippen molar-refractivity contribution in [3.8, 4) is 0 Å². The maximum absolute atomic E-state index is 12.4. The first-order chi connectivity index (χ1) is 21.6. The third-order valence-corrected chi connectivity index (χ3v) is 7.64. The Morgan fingerprint density at radius 3 is 1.73 bits per heavy atom. The van der Waals surface area contributed by atoms with Crippen molar-refractivity contribution in [2.45, 2.75) is 103 Å². The van der Waals surface area contributed by atoms with Crippen LogP contribution in [0.15, 0.2) is 91.0 Å². The second-order valence-corrected chi connectivity index (χ2v) is 11.3. The molecule has 0 spiro atoms. The van der Waals surface area contributed by atoms with Crippen molar-refractivity contribution in [1.82, 2.24) is 0 Å². The van der Waals surface area contributed by atoms with Gasteiger partial charge in [0.15, 0.2) is 12.4 Å². The van der Waals surface area contributed by atoms with Crippen molar-refractivity contribution >= 4 is 5.97 Å². The largest absolute Gasteiger partial charge is 0.454 e. The Balaban J connectivity index is 1.54. The summed E-state index contributed by atoms with van der Waals surface area (Å²) >= 11 is 0. The lowest BCUT2D eigenvalue weighted by Crippen LogP contribution is -2.62. The summed E-state index contributed by atoms with van der Waals surface area (Å²) in [6.45, 7) is 5.44. The van der Waals surface area contributed by atoms with Gasteiger partial charge in [-0.3, -0.25) is 4.79 Å². The van der Waals surface area contributed by atoms with E-state index in [-0.39, 0.29) is 6.61 Å². The highest BCUT2D eigenvalue weighted by Crippen LogP contribution is 2.31. The zero-order chi connectivity index (χ0) is 30.8. The molecule has 3 aromatic carbocycles. The normalized spacial score (nSPS) is 21.6. The number of carbonyl (C=O) groups is 1. The van der Waals surface area contributed by atoms with E-state index in [0.717, 1.165) is 29.5 Å². The Kier molecular flexibility index (Phi) is 14.9. The van der Waals surface area contributed by atoms with Crippen LogP contribution in [0.4, 0.5) is 0 Å². The van der Waals surface area contributed by atoms with Gasteiger partial charge in [-0.05, 0) is 23.1 Å². The second kappa shape index (κ2) is 19.3. The first-order valence-corrected chi connectivity index (χ1v) is 16.0. The zero-order valence-electron chi connectivity index (χ0n) is 26.2. The SMILES string of the molecule is CCCCCCCCO[C@@H]1O[C@H](COCc2ccccc2)[C@@H](OCc2ccccc2)[C@H](OCc2ccccc2)[C@H]1OC(C)=O. The van der Waals surface area contributed by atoms with Crippen molar-refractivity contribution in [3.63, 3.8) is 0 Å². The molecular formula is C37H48O7. The number of hydrogen-bond acceptors (Lipinski definition) is 7. The molecule has 0 aromatic heterocycles. The Hall–Kier alpha value is -3.07. The Labute approximate surface area is 262 Å². The summed E-state index contributed by atoms with van der Waals surface area (Å²) in [5, 5.41) is 0. The summed E-state index contributed by atoms with van der Waals surface area (Å²) in [6.07, 6.45) is 3.42. The zero-order valence-corrected chi connectivity index (χ0v) is 26.2. The van der Waals surface area contributed by atoms with Gasteiger partial charge in [-0.15, -0.1) is 0 Å². The van der Waals surface area contributed by atoms with Crippen LogP contribution >= 0.6 is 0 Å². The van der Waals surface area contributed by atoms with Crippen LogP contribution in [0.2, 0.25) is 0 Å². The smallest absolute Gasteiger partial charge is 0.303 e. The van der Waals surface area contributed by atoms with E-state index in [4.69, 9.17) is 28.4 Å². The Bertz CT molecular complexity index is 1170. The minimum Gasteiger partial charge on any atom is -0.454 e. The molecule has 44 heavy (non-hydrogen) atoms. The predicted molar refractivity (Wildman–Crippen MR) is 170 cm³/mol. The molecule has 7 nitrogen and oxygen atoms in total. The number of benzene rings is 3. The molecule has 0 unspecified atom stereocenters. The highest BCUT2D eigenvalue weighted by molar-refractivity contribution is 5.66. The van der Waals surface area contributed by atoms with Gasteiger partial charge in [-0.25, -0.2) is 0 Å². The lowest BCUT2D eigenvalue weighted by atomic mass is 9.97. The van der Waals surface area contributed by atoms with Crippen LogP contribution in [0.1, 0.15) is 69.1 Å². The molecule has 0 aliphatic carbocycles. The second-order valence-electron chi connectivity index (χ2n) is 11.3. The lowest BCUT2D eigenvalue weighted by Gasteiger charge is -2.45. The molecule has 238 valence electrons. The van der Waals surface area contributed by atoms with Gasteiger partial charge in [0.1, 0.15) is 18.3 Å². The average Bonchev–Trinajstić information content (AvgIpc) is 3.05. The van der Waals surface area contributed by atoms with E-state index in [1.807, 2.05) is 91.0 Å². The van der Waals surface area contributed by atoms with Crippen LogP contribution in [0.5, 0.6) is 0 Å². The van der Waals surface area contributed by atoms with Crippen LogP contribution < -0.4 is 0 Å². The highest BCUT2D eigenvalue weighted by Gasteiger charge is 2.50. The fraction of sp³-hybridized carbons (Fsp3) is 0.486. The third kappa shape index (κ3) is 11.5. The monoisotopic (exact) mass is 604 g/mol. The van der Waals surface area contributed by atoms with E-state index in [2.05, 4.69) is 6.92 Å². The predicted octanol–water partition coefficient (Wildman–Crippen LogP) is 7.41. The lowest BCUT2D eigenvalue weighted by molar-refractivity contribution is -0.321. The van der Waals surface area contributed by atoms with Crippen LogP contribution in [0.3, 0.4) is 0 Å². The first-order valence-electron chi connectivity index (χ1n) is 16.0. The molecule has 1 saturated heterocycles. The molecule has 0 amide bonds. The third-order valence-electron chi connectivity index (χ3n) is 7.64. The van der Waals surface area contributed by atoms with Crippen LogP contribution in [0.25, 0.3) is 0 Å². The van der Waals surface area contributed by atoms with E-state index in [1.165, 1.54) is 32.6 Å². The van der Waals surface area contributed by atoms with E-state index >= 15 is 0 Å². The fourth-order valence-electron chi connectivity index (χ4n) is 5.34. The van der Waals surface area contributed by atoms with Crippen molar-refractivity contribution < 1.29 is 33.2 Å². The van der Waals surface area contributed by atoms with Crippen molar-refractivity contribution in [2.75, 3.05) is 13.2 Å². The van der Waals surface area contributed by atoms with Gasteiger partial charge >= 0.3 is 5.97 Å². The standard InChI is InChI=1S/C37H48O7/c1-3-4-5-6-7-17-24-40-37-36(43-29(2)38)35(42-27-32-22-15-10-16-23-32)34(41-26-31-20-13-9-14-21-31)33(44-37)28-39-25-30-18-11-8-12-19-30/h8-16,18-23,33-37H,3-7,17,24-28H2,1-2H3/t33-,34-,35+,36-,37-/m1/s1. The molecule has 0 saturated carbocycles. The van der Waals surface area contributed by atoms with Crippen molar-refractivity contribution in [2.24, 2.45) is 0 Å². The fourth-order valence-corrected chi connectivity index (χ4v) is 5.34. The maximum Gasteiger partial charge on any atom is 0.303 e. The molecular weight excluding hydrogens is 556 g/mol. The Morgan fingerprint density at radius 1 is 0.636 bits per heavy atom. The molecule has 0 radical (unpaired) electrons. The van der Waals surface area contributed by atoms with Gasteiger partial charge in [0.2, 0.25) is 0 Å². The molecule has 1 aliphatic rings. The van der Waals surface area contributed by atoms with Crippen LogP contribution in [-0.2, 0) is 53.0 Å². The van der Waals surface area contributed by atoms with Crippen molar-refractivity contribution in [1.29, 1.82) is 0 Å². The van der Waals surface area contributed by atoms with Gasteiger partial charge in [0, 0.05) is 13.5 Å². The molecule has 1 fully saturated rings. The van der Waals surface area contributed by atoms with Crippen molar-refractivity contribution in [3.05, 3.63) is 108 Å². The number of esters is 1. The number of hydrogen-bond donors (Lipinski definition) is 0. The molecule has 1 heterocycles. The molecule has 5 atom stereocenters. The summed E-state index contributed by atoms with van der Waals surface area (Å²) in [5.41, 5.74) is 3.09. The number of carbonyl (C=O) groups excluding carboxylic acids is 1. The molecule has 0 N–H and O–H groups in total. The maximum atomic E-state index is 12.4. The summed E-state index contributed by atoms with van der Waals surface area (Å²) in [4.78, 5) is 12.4. The molecule has 4 rings (SSSR count). The highest BCUT2D eigenvalue weighted by atomic mass is 16.7. The number of unbranched alkanes of at least 4 members (excludes halogenated alkanes) is 5. The van der Waals surface area contributed by atoms with Gasteiger partial charge < -0.3 is 28.4 Å². The summed E-state index contributed by atoms with van der Waals surface area (Å²) in [7, 11) is 0. The van der Waals surface area contributed by atoms with Gasteiger partial charge in [-0.2, -0.15) is 0 Å². The minimum absolute atomic E-state index is 0.253. The number of rotatable bonds is 19. The first kappa shape index (κ1) is 33.8. The summed E-state index contributed by atoms with van der Waals surface area (Å²) in [6, 6.07) is 29.9. The quantitative estimate of drug-likeness (QED) is 0.104. The van der Waals surface area contributed by atoms with Crippen LogP contribution in [-0.4, -0.2) is 49.9 Å². The van der Waals surface area contributed by atoms with Gasteiger partial charge in [0.25, 0.3) is 0 Å². The van der Waals surface area contributed by atoms with Crippen LogP contribution in [0, 0.1) is 0 Å². The number of ether oxygens (including phenoxy) is 6. The minimum atomic E-state index is -0.822. The van der Waals surface area contributed by atoms with Gasteiger partial charge in [0.05, 0.1) is 26.4 Å². The molecule has 1 aliphatic heterocycles. The summed E-state index contributed by atoms with van der Waals surface area (Å²) in [5.74, 6) is -0.430. The topological polar surface area (TPSA) is 72.5 Å². The molecule has 0 bridgehead atoms.